The fraction of sp³-hybridized carbons (Fsp3) is 0.133. The first-order valence-corrected chi connectivity index (χ1v) is 8.29. The molecule has 1 atom stereocenters. The summed E-state index contributed by atoms with van der Waals surface area (Å²) in [5.74, 6) is 0. The second-order valence-corrected chi connectivity index (χ2v) is 6.73. The number of hydrogen-bond donors (Lipinski definition) is 2. The van der Waals surface area contributed by atoms with Crippen molar-refractivity contribution in [1.82, 2.24) is 4.72 Å². The van der Waals surface area contributed by atoms with Crippen molar-refractivity contribution >= 4 is 46.3 Å². The van der Waals surface area contributed by atoms with E-state index in [0.717, 1.165) is 11.1 Å². The predicted molar refractivity (Wildman–Crippen MR) is 90.9 cm³/mol. The van der Waals surface area contributed by atoms with Crippen LogP contribution in [0.5, 0.6) is 0 Å². The topological polar surface area (TPSA) is 64.2 Å². The monoisotopic (exact) mass is 356 g/mol. The third-order valence-electron chi connectivity index (χ3n) is 2.91. The molecule has 2 aromatic carbocycles. The second-order valence-electron chi connectivity index (χ2n) is 4.70. The van der Waals surface area contributed by atoms with E-state index in [1.165, 1.54) is 0 Å². The molecule has 2 aromatic rings. The second kappa shape index (κ2) is 7.24. The quantitative estimate of drug-likeness (QED) is 0.797. The maximum atomic E-state index is 12.2. The van der Waals surface area contributed by atoms with Crippen molar-refractivity contribution in [3.05, 3.63) is 57.6 Å². The third kappa shape index (κ3) is 4.30. The van der Waals surface area contributed by atoms with Gasteiger partial charge in [-0.05, 0) is 49.2 Å². The molecule has 2 amide bonds. The van der Waals surface area contributed by atoms with Gasteiger partial charge in [0.1, 0.15) is 11.4 Å². The Morgan fingerprint density at radius 3 is 2.18 bits per heavy atom. The summed E-state index contributed by atoms with van der Waals surface area (Å²) in [6.45, 7) is 3.65. The van der Waals surface area contributed by atoms with E-state index in [1.807, 2.05) is 13.8 Å². The van der Waals surface area contributed by atoms with E-state index in [2.05, 4.69) is 10.0 Å². The van der Waals surface area contributed by atoms with Gasteiger partial charge in [-0.25, -0.2) is 4.79 Å². The first-order chi connectivity index (χ1) is 10.4. The van der Waals surface area contributed by atoms with Crippen LogP contribution in [0.15, 0.2) is 41.3 Å². The molecule has 7 heteroatoms. The molecule has 1 unspecified atom stereocenters. The van der Waals surface area contributed by atoms with E-state index < -0.39 is 17.4 Å². The van der Waals surface area contributed by atoms with E-state index in [9.17, 15) is 9.35 Å². The minimum atomic E-state index is -1.67. The van der Waals surface area contributed by atoms with Gasteiger partial charge in [0.25, 0.3) is 0 Å². The highest BCUT2D eigenvalue weighted by Gasteiger charge is 2.18. The van der Waals surface area contributed by atoms with Crippen LogP contribution in [-0.2, 0) is 11.4 Å². The highest BCUT2D eigenvalue weighted by Crippen LogP contribution is 2.24. The molecule has 4 nitrogen and oxygen atoms in total. The van der Waals surface area contributed by atoms with Crippen LogP contribution in [0.4, 0.5) is 10.5 Å². The zero-order valence-electron chi connectivity index (χ0n) is 11.9. The number of nitrogens with one attached hydrogen (secondary N) is 2. The van der Waals surface area contributed by atoms with Crippen molar-refractivity contribution in [1.29, 1.82) is 0 Å². The van der Waals surface area contributed by atoms with Crippen molar-refractivity contribution in [3.63, 3.8) is 0 Å². The van der Waals surface area contributed by atoms with Crippen LogP contribution >= 0.6 is 23.2 Å². The lowest BCUT2D eigenvalue weighted by molar-refractivity contribution is 0.256. The Balaban J connectivity index is 2.03. The van der Waals surface area contributed by atoms with E-state index in [-0.39, 0.29) is 0 Å². The number of aryl methyl sites for hydroxylation is 2. The molecule has 0 aromatic heterocycles. The summed E-state index contributed by atoms with van der Waals surface area (Å²) in [4.78, 5) is 12.3. The highest BCUT2D eigenvalue weighted by atomic mass is 35.5. The summed E-state index contributed by atoms with van der Waals surface area (Å²) in [5, 5.41) is 3.78. The first kappa shape index (κ1) is 17.0. The van der Waals surface area contributed by atoms with Crippen LogP contribution in [0.2, 0.25) is 10.0 Å². The zero-order chi connectivity index (χ0) is 16.3. The molecule has 0 saturated heterocycles. The summed E-state index contributed by atoms with van der Waals surface area (Å²) in [7, 11) is 0. The molecule has 2 N–H and O–H groups in total. The summed E-state index contributed by atoms with van der Waals surface area (Å²) in [6, 6.07) is 9.43. The number of rotatable bonds is 3. The van der Waals surface area contributed by atoms with Gasteiger partial charge >= 0.3 is 6.03 Å². The molecular weight excluding hydrogens is 343 g/mol. The Labute approximate surface area is 142 Å². The molecule has 0 spiro atoms. The molecule has 0 bridgehead atoms. The van der Waals surface area contributed by atoms with Crippen LogP contribution in [-0.4, -0.2) is 10.6 Å². The number of urea groups is 1. The van der Waals surface area contributed by atoms with Crippen molar-refractivity contribution in [2.75, 3.05) is 5.32 Å². The Hall–Kier alpha value is -1.40. The van der Waals surface area contributed by atoms with Crippen LogP contribution in [0.25, 0.3) is 0 Å². The fourth-order valence-corrected chi connectivity index (χ4v) is 2.99. The Morgan fingerprint density at radius 2 is 1.64 bits per heavy atom. The lowest BCUT2D eigenvalue weighted by atomic mass is 10.2. The number of carbonyl (C=O) groups is 1. The Kier molecular flexibility index (Phi) is 5.58. The summed E-state index contributed by atoms with van der Waals surface area (Å²) >= 11 is 10.2. The third-order valence-corrected chi connectivity index (χ3v) is 4.79. The normalized spacial score (nSPS) is 11.9. The maximum absolute atomic E-state index is 12.2. The van der Waals surface area contributed by atoms with Gasteiger partial charge in [-0.15, -0.1) is 4.72 Å². The lowest BCUT2D eigenvalue weighted by Crippen LogP contribution is -2.34. The molecule has 116 valence electrons. The van der Waals surface area contributed by atoms with E-state index >= 15 is 0 Å². The molecule has 0 aliphatic rings. The van der Waals surface area contributed by atoms with Gasteiger partial charge in [0.05, 0.1) is 0 Å². The average Bonchev–Trinajstić information content (AvgIpc) is 2.46. The highest BCUT2D eigenvalue weighted by molar-refractivity contribution is 7.90. The van der Waals surface area contributed by atoms with E-state index in [0.29, 0.717) is 20.6 Å². The molecule has 0 radical (unpaired) electrons. The maximum Gasteiger partial charge on any atom is 0.361 e. The number of carbonyl (C=O) groups excluding carboxylic acids is 1. The van der Waals surface area contributed by atoms with Crippen LogP contribution in [0.3, 0.4) is 0 Å². The van der Waals surface area contributed by atoms with Gasteiger partial charge in [0, 0.05) is 27.9 Å². The van der Waals surface area contributed by atoms with Gasteiger partial charge in [0.15, 0.2) is 4.90 Å². The summed E-state index contributed by atoms with van der Waals surface area (Å²) < 4.78 is 14.6. The van der Waals surface area contributed by atoms with Crippen molar-refractivity contribution in [3.8, 4) is 0 Å². The van der Waals surface area contributed by atoms with Crippen LogP contribution in [0, 0.1) is 13.8 Å². The minimum Gasteiger partial charge on any atom is -0.588 e. The zero-order valence-corrected chi connectivity index (χ0v) is 14.3. The molecule has 0 fully saturated rings. The average molecular weight is 357 g/mol. The molecular formula is C15H14Cl2N2O2S. The molecule has 2 rings (SSSR count). The number of benzene rings is 2. The smallest absolute Gasteiger partial charge is 0.361 e. The summed E-state index contributed by atoms with van der Waals surface area (Å²) in [5.41, 5.74) is 2.18. The molecule has 0 heterocycles. The Bertz CT molecular complexity index is 669. The number of halogens is 2. The van der Waals surface area contributed by atoms with E-state index in [4.69, 9.17) is 23.2 Å². The SMILES string of the molecule is Cc1cc([S+]([O-])NC(=O)Nc2ccc(Cl)cc2)cc(C)c1Cl. The lowest BCUT2D eigenvalue weighted by Gasteiger charge is -2.13. The first-order valence-electron chi connectivity index (χ1n) is 6.38. The largest absolute Gasteiger partial charge is 0.588 e. The molecule has 0 saturated carbocycles. The molecule has 22 heavy (non-hydrogen) atoms. The number of anilines is 1. The van der Waals surface area contributed by atoms with Gasteiger partial charge < -0.3 is 9.87 Å². The predicted octanol–water partition coefficient (Wildman–Crippen LogP) is 4.45. The van der Waals surface area contributed by atoms with Gasteiger partial charge in [0.2, 0.25) is 0 Å². The van der Waals surface area contributed by atoms with Crippen molar-refractivity contribution in [2.45, 2.75) is 18.7 Å². The summed E-state index contributed by atoms with van der Waals surface area (Å²) in [6.07, 6.45) is 0. The molecule has 0 aliphatic heterocycles. The van der Waals surface area contributed by atoms with E-state index in [1.54, 1.807) is 36.4 Å². The number of amides is 2. The fourth-order valence-electron chi connectivity index (χ4n) is 1.85. The standard InChI is InChI=1S/C15H14Cl2N2O2S/c1-9-7-13(8-10(2)14(9)17)22(21)19-15(20)18-12-5-3-11(16)4-6-12/h3-8H,1-2H3,(H2,18,19,20). The van der Waals surface area contributed by atoms with Crippen molar-refractivity contribution in [2.24, 2.45) is 0 Å². The van der Waals surface area contributed by atoms with Crippen molar-refractivity contribution < 1.29 is 9.35 Å². The van der Waals surface area contributed by atoms with Crippen LogP contribution in [0.1, 0.15) is 11.1 Å². The molecule has 0 aliphatic carbocycles. The number of hydrogen-bond acceptors (Lipinski definition) is 2. The van der Waals surface area contributed by atoms with Gasteiger partial charge in [-0.1, -0.05) is 23.2 Å². The van der Waals surface area contributed by atoms with Gasteiger partial charge in [-0.2, -0.15) is 0 Å². The minimum absolute atomic E-state index is 0.491. The van der Waals surface area contributed by atoms with Crippen LogP contribution < -0.4 is 10.0 Å². The van der Waals surface area contributed by atoms with Gasteiger partial charge in [-0.3, -0.25) is 0 Å². The Morgan fingerprint density at radius 1 is 1.09 bits per heavy atom.